The Kier molecular flexibility index (Phi) is 7.89. The van der Waals surface area contributed by atoms with Crippen molar-refractivity contribution < 1.29 is 19.4 Å². The molecule has 7 heteroatoms. The Balaban J connectivity index is 1.50. The summed E-state index contributed by atoms with van der Waals surface area (Å²) in [4.78, 5) is 30.2. The van der Waals surface area contributed by atoms with Gasteiger partial charge in [-0.2, -0.15) is 0 Å². The molecule has 0 aliphatic carbocycles. The minimum Gasteiger partial charge on any atom is -0.481 e. The number of amides is 1. The molecule has 1 N–H and O–H groups in total. The highest BCUT2D eigenvalue weighted by Gasteiger charge is 2.33. The average Bonchev–Trinajstić information content (AvgIpc) is 2.74. The third-order valence-corrected chi connectivity index (χ3v) is 6.26. The molecule has 0 bridgehead atoms. The lowest BCUT2D eigenvalue weighted by molar-refractivity contribution is -0.141. The lowest BCUT2D eigenvalue weighted by Crippen LogP contribution is -2.49. The van der Waals surface area contributed by atoms with E-state index in [1.807, 2.05) is 11.0 Å². The fourth-order valence-electron chi connectivity index (χ4n) is 4.56. The number of piperidine rings is 1. The molecule has 160 valence electrons. The Hall–Kier alpha value is -2.12. The number of carbonyl (C=O) groups is 2. The van der Waals surface area contributed by atoms with Crippen LogP contribution in [0.15, 0.2) is 30.3 Å². The number of anilines is 1. The van der Waals surface area contributed by atoms with Crippen molar-refractivity contribution in [3.05, 3.63) is 30.3 Å². The van der Waals surface area contributed by atoms with E-state index < -0.39 is 5.97 Å². The third-order valence-electron chi connectivity index (χ3n) is 6.26. The highest BCUT2D eigenvalue weighted by atomic mass is 16.5. The van der Waals surface area contributed by atoms with Crippen molar-refractivity contribution in [1.29, 1.82) is 0 Å². The summed E-state index contributed by atoms with van der Waals surface area (Å²) in [5, 5.41) is 9.28. The second-order valence-electron chi connectivity index (χ2n) is 8.13. The van der Waals surface area contributed by atoms with Crippen molar-refractivity contribution >= 4 is 17.6 Å². The first-order valence-corrected chi connectivity index (χ1v) is 10.6. The van der Waals surface area contributed by atoms with Crippen molar-refractivity contribution in [2.45, 2.75) is 19.3 Å². The number of para-hydroxylation sites is 1. The smallest absolute Gasteiger partial charge is 0.303 e. The van der Waals surface area contributed by atoms with Crippen LogP contribution in [-0.4, -0.2) is 86.3 Å². The molecule has 2 atom stereocenters. The number of piperazine rings is 1. The molecule has 2 saturated heterocycles. The molecular formula is C22H33N3O4. The van der Waals surface area contributed by atoms with Crippen LogP contribution in [0, 0.1) is 11.8 Å². The van der Waals surface area contributed by atoms with Crippen LogP contribution >= 0.6 is 0 Å². The molecule has 2 heterocycles. The van der Waals surface area contributed by atoms with Gasteiger partial charge in [-0.25, -0.2) is 0 Å². The number of likely N-dealkylation sites (tertiary alicyclic amines) is 1. The molecule has 1 aromatic rings. The molecule has 0 aromatic heterocycles. The Morgan fingerprint density at radius 2 is 1.79 bits per heavy atom. The maximum absolute atomic E-state index is 12.2. The van der Waals surface area contributed by atoms with Gasteiger partial charge in [-0.1, -0.05) is 18.2 Å². The van der Waals surface area contributed by atoms with E-state index in [0.29, 0.717) is 13.1 Å². The van der Waals surface area contributed by atoms with Crippen LogP contribution in [0.3, 0.4) is 0 Å². The Bertz CT molecular complexity index is 661. The Morgan fingerprint density at radius 3 is 2.45 bits per heavy atom. The topological polar surface area (TPSA) is 73.3 Å². The van der Waals surface area contributed by atoms with Gasteiger partial charge < -0.3 is 19.6 Å². The van der Waals surface area contributed by atoms with Gasteiger partial charge in [-0.15, -0.1) is 0 Å². The van der Waals surface area contributed by atoms with Crippen LogP contribution in [0.2, 0.25) is 0 Å². The number of methoxy groups -OCH3 is 1. The summed E-state index contributed by atoms with van der Waals surface area (Å²) in [5.41, 5.74) is 1.27. The van der Waals surface area contributed by atoms with Gasteiger partial charge >= 0.3 is 5.97 Å². The summed E-state index contributed by atoms with van der Waals surface area (Å²) < 4.78 is 4.99. The molecule has 2 aliphatic heterocycles. The maximum Gasteiger partial charge on any atom is 0.303 e. The van der Waals surface area contributed by atoms with Crippen LogP contribution in [0.1, 0.15) is 19.3 Å². The van der Waals surface area contributed by atoms with Gasteiger partial charge in [0.05, 0.1) is 0 Å². The number of hydrogen-bond acceptors (Lipinski definition) is 5. The minimum atomic E-state index is -0.742. The van der Waals surface area contributed by atoms with Gasteiger partial charge in [-0.05, 0) is 43.4 Å². The number of carboxylic acids is 1. The number of hydrogen-bond donors (Lipinski definition) is 1. The molecule has 29 heavy (non-hydrogen) atoms. The zero-order chi connectivity index (χ0) is 20.6. The van der Waals surface area contributed by atoms with Crippen LogP contribution in [-0.2, 0) is 14.3 Å². The molecule has 0 saturated carbocycles. The molecule has 2 unspecified atom stereocenters. The van der Waals surface area contributed by atoms with E-state index in [0.717, 1.165) is 45.6 Å². The van der Waals surface area contributed by atoms with Gasteiger partial charge in [0, 0.05) is 58.5 Å². The van der Waals surface area contributed by atoms with Crippen molar-refractivity contribution in [3.8, 4) is 0 Å². The van der Waals surface area contributed by atoms with Gasteiger partial charge in [0.2, 0.25) is 5.91 Å². The normalized spacial score (nSPS) is 23.2. The first-order chi connectivity index (χ1) is 14.1. The van der Waals surface area contributed by atoms with Crippen LogP contribution in [0.4, 0.5) is 5.69 Å². The zero-order valence-electron chi connectivity index (χ0n) is 17.3. The molecule has 1 amide bonds. The molecule has 2 fully saturated rings. The molecule has 7 nitrogen and oxygen atoms in total. The predicted octanol–water partition coefficient (Wildman–Crippen LogP) is 1.78. The fraction of sp³-hybridized carbons (Fsp3) is 0.636. The minimum absolute atomic E-state index is 0.00255. The Labute approximate surface area is 173 Å². The summed E-state index contributed by atoms with van der Waals surface area (Å²) in [6.45, 7) is 6.36. The first-order valence-electron chi connectivity index (χ1n) is 10.6. The van der Waals surface area contributed by atoms with Crippen LogP contribution < -0.4 is 4.90 Å². The monoisotopic (exact) mass is 403 g/mol. The molecule has 1 aromatic carbocycles. The van der Waals surface area contributed by atoms with Crippen molar-refractivity contribution in [1.82, 2.24) is 9.80 Å². The highest BCUT2D eigenvalue weighted by Crippen LogP contribution is 2.30. The van der Waals surface area contributed by atoms with E-state index in [9.17, 15) is 14.7 Å². The number of nitrogens with zero attached hydrogens (tertiary/aromatic N) is 3. The zero-order valence-corrected chi connectivity index (χ0v) is 17.3. The first kappa shape index (κ1) is 21.6. The number of ether oxygens (including phenoxy) is 1. The summed E-state index contributed by atoms with van der Waals surface area (Å²) >= 11 is 0. The van der Waals surface area contributed by atoms with E-state index >= 15 is 0 Å². The van der Waals surface area contributed by atoms with E-state index in [-0.39, 0.29) is 30.8 Å². The molecular weight excluding hydrogens is 370 g/mol. The maximum atomic E-state index is 12.2. The molecule has 0 spiro atoms. The summed E-state index contributed by atoms with van der Waals surface area (Å²) in [6.07, 6.45) is 1.88. The van der Waals surface area contributed by atoms with Gasteiger partial charge in [0.1, 0.15) is 6.61 Å². The van der Waals surface area contributed by atoms with Crippen molar-refractivity contribution in [2.75, 3.05) is 64.4 Å². The second-order valence-corrected chi connectivity index (χ2v) is 8.13. The third kappa shape index (κ3) is 6.18. The quantitative estimate of drug-likeness (QED) is 0.713. The SMILES string of the molecule is COCC(=O)N1CCC(CC(=O)O)C(CCN2CCN(c3ccccc3)CC2)C1. The predicted molar refractivity (Wildman–Crippen MR) is 112 cm³/mol. The Morgan fingerprint density at radius 1 is 1.07 bits per heavy atom. The summed E-state index contributed by atoms with van der Waals surface area (Å²) in [7, 11) is 1.53. The molecule has 2 aliphatic rings. The lowest BCUT2D eigenvalue weighted by Gasteiger charge is -2.40. The van der Waals surface area contributed by atoms with E-state index in [4.69, 9.17) is 4.74 Å². The summed E-state index contributed by atoms with van der Waals surface area (Å²) in [6, 6.07) is 10.5. The van der Waals surface area contributed by atoms with Crippen molar-refractivity contribution in [2.24, 2.45) is 11.8 Å². The van der Waals surface area contributed by atoms with E-state index in [1.54, 1.807) is 0 Å². The van der Waals surface area contributed by atoms with Crippen LogP contribution in [0.5, 0.6) is 0 Å². The van der Waals surface area contributed by atoms with Gasteiger partial charge in [0.25, 0.3) is 0 Å². The van der Waals surface area contributed by atoms with E-state index in [2.05, 4.69) is 34.1 Å². The number of aliphatic carboxylic acids is 1. The van der Waals surface area contributed by atoms with Gasteiger partial charge in [-0.3, -0.25) is 14.5 Å². The fourth-order valence-corrected chi connectivity index (χ4v) is 4.56. The number of carboxylic acid groups (broad SMARTS) is 1. The number of carbonyl (C=O) groups excluding carboxylic acids is 1. The average molecular weight is 404 g/mol. The molecule has 0 radical (unpaired) electrons. The van der Waals surface area contributed by atoms with Crippen molar-refractivity contribution in [3.63, 3.8) is 0 Å². The van der Waals surface area contributed by atoms with E-state index in [1.165, 1.54) is 12.8 Å². The number of rotatable bonds is 8. The highest BCUT2D eigenvalue weighted by molar-refractivity contribution is 5.77. The standard InChI is InChI=1S/C22H33N3O4/c1-29-17-21(26)25-10-8-18(15-22(27)28)19(16-25)7-9-23-11-13-24(14-12-23)20-5-3-2-4-6-20/h2-6,18-19H,7-17H2,1H3,(H,27,28). The molecule has 3 rings (SSSR count). The largest absolute Gasteiger partial charge is 0.481 e. The number of benzene rings is 1. The summed E-state index contributed by atoms with van der Waals surface area (Å²) in [5.74, 6) is -0.367. The van der Waals surface area contributed by atoms with Crippen LogP contribution in [0.25, 0.3) is 0 Å². The lowest BCUT2D eigenvalue weighted by atomic mass is 9.81. The van der Waals surface area contributed by atoms with Gasteiger partial charge in [0.15, 0.2) is 0 Å². The second kappa shape index (κ2) is 10.6.